The van der Waals surface area contributed by atoms with Gasteiger partial charge in [0.2, 0.25) is 5.91 Å². The quantitative estimate of drug-likeness (QED) is 0.669. The molecule has 5 heteroatoms. The van der Waals surface area contributed by atoms with Gasteiger partial charge in [0.15, 0.2) is 0 Å². The third-order valence-electron chi connectivity index (χ3n) is 4.19. The molecule has 1 saturated carbocycles. The molecule has 1 aliphatic rings. The number of hydrogen-bond donors (Lipinski definition) is 3. The van der Waals surface area contributed by atoms with E-state index >= 15 is 0 Å². The Labute approximate surface area is 124 Å². The molecule has 2 rings (SSSR count). The second-order valence-corrected chi connectivity index (χ2v) is 5.95. The van der Waals surface area contributed by atoms with Crippen molar-refractivity contribution in [3.05, 3.63) is 29.8 Å². The van der Waals surface area contributed by atoms with E-state index in [-0.39, 0.29) is 17.7 Å². The first kappa shape index (κ1) is 15.4. The Morgan fingerprint density at radius 1 is 1.33 bits per heavy atom. The normalized spacial score (nSPS) is 16.0. The maximum Gasteiger partial charge on any atom is 0.303 e. The number of anilines is 1. The van der Waals surface area contributed by atoms with E-state index in [1.807, 2.05) is 24.3 Å². The highest BCUT2D eigenvalue weighted by Gasteiger charge is 2.39. The molecule has 0 heterocycles. The van der Waals surface area contributed by atoms with Crippen molar-refractivity contribution in [3.63, 3.8) is 0 Å². The number of aliphatic carboxylic acids is 1. The fourth-order valence-corrected chi connectivity index (χ4v) is 2.79. The second kappa shape index (κ2) is 6.61. The van der Waals surface area contributed by atoms with Crippen LogP contribution in [0.15, 0.2) is 24.3 Å². The summed E-state index contributed by atoms with van der Waals surface area (Å²) in [5.74, 6) is -0.821. The summed E-state index contributed by atoms with van der Waals surface area (Å²) in [6.07, 6.45) is 3.99. The first-order valence-electron chi connectivity index (χ1n) is 7.32. The lowest BCUT2D eigenvalue weighted by Crippen LogP contribution is -2.43. The number of carboxylic acids is 1. The van der Waals surface area contributed by atoms with Crippen molar-refractivity contribution in [2.45, 2.75) is 38.5 Å². The molecule has 0 radical (unpaired) electrons. The Morgan fingerprint density at radius 3 is 2.67 bits per heavy atom. The number of aryl methyl sites for hydroxylation is 1. The molecule has 1 amide bonds. The van der Waals surface area contributed by atoms with Crippen LogP contribution in [0, 0.1) is 5.41 Å². The Morgan fingerprint density at radius 2 is 2.10 bits per heavy atom. The first-order valence-corrected chi connectivity index (χ1v) is 7.32. The van der Waals surface area contributed by atoms with E-state index in [0.29, 0.717) is 25.1 Å². The molecule has 1 aliphatic carbocycles. The minimum absolute atomic E-state index is 0.0333. The van der Waals surface area contributed by atoms with Gasteiger partial charge in [-0.15, -0.1) is 0 Å². The summed E-state index contributed by atoms with van der Waals surface area (Å²) in [6, 6.07) is 7.50. The van der Waals surface area contributed by atoms with E-state index in [2.05, 4.69) is 5.32 Å². The fraction of sp³-hybridized carbons (Fsp3) is 0.500. The van der Waals surface area contributed by atoms with Crippen LogP contribution in [-0.2, 0) is 16.0 Å². The van der Waals surface area contributed by atoms with Crippen LogP contribution in [0.4, 0.5) is 5.69 Å². The van der Waals surface area contributed by atoms with Gasteiger partial charge in [-0.2, -0.15) is 0 Å². The highest BCUT2D eigenvalue weighted by molar-refractivity contribution is 5.76. The number of carbonyl (C=O) groups excluding carboxylic acids is 1. The average Bonchev–Trinajstić information content (AvgIpc) is 2.39. The molecule has 1 aromatic carbocycles. The summed E-state index contributed by atoms with van der Waals surface area (Å²) < 4.78 is 0. The van der Waals surface area contributed by atoms with Crippen molar-refractivity contribution < 1.29 is 14.7 Å². The van der Waals surface area contributed by atoms with Gasteiger partial charge in [0.25, 0.3) is 0 Å². The second-order valence-electron chi connectivity index (χ2n) is 5.95. The zero-order chi connectivity index (χ0) is 15.3. The Bertz CT molecular complexity index is 524. The van der Waals surface area contributed by atoms with Gasteiger partial charge in [0.1, 0.15) is 0 Å². The summed E-state index contributed by atoms with van der Waals surface area (Å²) >= 11 is 0. The number of hydrogen-bond acceptors (Lipinski definition) is 3. The predicted molar refractivity (Wildman–Crippen MR) is 80.7 cm³/mol. The third kappa shape index (κ3) is 4.48. The van der Waals surface area contributed by atoms with Crippen molar-refractivity contribution in [1.29, 1.82) is 0 Å². The highest BCUT2D eigenvalue weighted by Crippen LogP contribution is 2.43. The highest BCUT2D eigenvalue weighted by atomic mass is 16.4. The molecule has 0 spiro atoms. The summed E-state index contributed by atoms with van der Waals surface area (Å²) in [5, 5.41) is 11.8. The van der Waals surface area contributed by atoms with E-state index in [0.717, 1.165) is 24.8 Å². The minimum atomic E-state index is -0.788. The van der Waals surface area contributed by atoms with Crippen LogP contribution in [0.1, 0.15) is 37.7 Å². The monoisotopic (exact) mass is 290 g/mol. The molecule has 4 N–H and O–H groups in total. The molecule has 0 aliphatic heterocycles. The number of benzene rings is 1. The third-order valence-corrected chi connectivity index (χ3v) is 4.19. The smallest absolute Gasteiger partial charge is 0.303 e. The van der Waals surface area contributed by atoms with Crippen molar-refractivity contribution >= 4 is 17.6 Å². The number of amides is 1. The van der Waals surface area contributed by atoms with Crippen LogP contribution in [0.25, 0.3) is 0 Å². The van der Waals surface area contributed by atoms with Gasteiger partial charge in [-0.3, -0.25) is 9.59 Å². The van der Waals surface area contributed by atoms with E-state index < -0.39 is 5.97 Å². The molecule has 1 aromatic rings. The summed E-state index contributed by atoms with van der Waals surface area (Å²) in [4.78, 5) is 22.8. The van der Waals surface area contributed by atoms with Crippen LogP contribution >= 0.6 is 0 Å². The van der Waals surface area contributed by atoms with Gasteiger partial charge in [0, 0.05) is 18.7 Å². The van der Waals surface area contributed by atoms with Gasteiger partial charge >= 0.3 is 5.97 Å². The number of nitrogens with two attached hydrogens (primary N) is 1. The van der Waals surface area contributed by atoms with Crippen molar-refractivity contribution in [3.8, 4) is 0 Å². The van der Waals surface area contributed by atoms with Gasteiger partial charge in [-0.1, -0.05) is 18.6 Å². The molecule has 0 atom stereocenters. The summed E-state index contributed by atoms with van der Waals surface area (Å²) in [5.41, 5.74) is 7.21. The molecule has 0 unspecified atom stereocenters. The van der Waals surface area contributed by atoms with Crippen molar-refractivity contribution in [1.82, 2.24) is 5.32 Å². The van der Waals surface area contributed by atoms with Gasteiger partial charge in [0.05, 0.1) is 6.42 Å². The van der Waals surface area contributed by atoms with Crippen LogP contribution in [0.5, 0.6) is 0 Å². The van der Waals surface area contributed by atoms with E-state index in [4.69, 9.17) is 10.8 Å². The van der Waals surface area contributed by atoms with Crippen molar-refractivity contribution in [2.24, 2.45) is 5.41 Å². The molecule has 5 nitrogen and oxygen atoms in total. The van der Waals surface area contributed by atoms with Crippen LogP contribution in [0.3, 0.4) is 0 Å². The lowest BCUT2D eigenvalue weighted by molar-refractivity contribution is -0.141. The molecule has 1 fully saturated rings. The predicted octanol–water partition coefficient (Wildman–Crippen LogP) is 1.96. The molecular weight excluding hydrogens is 268 g/mol. The number of nitrogens with one attached hydrogen (secondary N) is 1. The Kier molecular flexibility index (Phi) is 4.83. The number of carboxylic acid groups (broad SMARTS) is 1. The van der Waals surface area contributed by atoms with Crippen LogP contribution in [-0.4, -0.2) is 23.5 Å². The van der Waals surface area contributed by atoms with Gasteiger partial charge in [-0.05, 0) is 42.4 Å². The molecule has 21 heavy (non-hydrogen) atoms. The van der Waals surface area contributed by atoms with Crippen LogP contribution < -0.4 is 11.1 Å². The number of nitrogen functional groups attached to an aromatic ring is 1. The fourth-order valence-electron chi connectivity index (χ4n) is 2.79. The largest absolute Gasteiger partial charge is 0.481 e. The SMILES string of the molecule is Nc1cccc(CCC(=O)NCC2(CC(=O)O)CCC2)c1. The average molecular weight is 290 g/mol. The first-order chi connectivity index (χ1) is 9.99. The molecule has 0 aromatic heterocycles. The topological polar surface area (TPSA) is 92.4 Å². The molecule has 114 valence electrons. The van der Waals surface area contributed by atoms with Crippen LogP contribution in [0.2, 0.25) is 0 Å². The number of rotatable bonds is 7. The number of carbonyl (C=O) groups is 2. The van der Waals surface area contributed by atoms with E-state index in [1.165, 1.54) is 0 Å². The zero-order valence-corrected chi connectivity index (χ0v) is 12.1. The molecular formula is C16H22N2O3. The van der Waals surface area contributed by atoms with Crippen molar-refractivity contribution in [2.75, 3.05) is 12.3 Å². The zero-order valence-electron chi connectivity index (χ0n) is 12.1. The Hall–Kier alpha value is -2.04. The lowest BCUT2D eigenvalue weighted by Gasteiger charge is -2.40. The van der Waals surface area contributed by atoms with Gasteiger partial charge in [-0.25, -0.2) is 0 Å². The van der Waals surface area contributed by atoms with E-state index in [1.54, 1.807) is 0 Å². The summed E-state index contributed by atoms with van der Waals surface area (Å²) in [6.45, 7) is 0.467. The van der Waals surface area contributed by atoms with Gasteiger partial charge < -0.3 is 16.2 Å². The minimum Gasteiger partial charge on any atom is -0.481 e. The van der Waals surface area contributed by atoms with E-state index in [9.17, 15) is 9.59 Å². The standard InChI is InChI=1S/C16H22N2O3/c17-13-4-1-3-12(9-13)5-6-14(19)18-11-16(7-2-8-16)10-15(20)21/h1,3-4,9H,2,5-8,10-11,17H2,(H,18,19)(H,20,21). The maximum absolute atomic E-state index is 11.9. The molecule has 0 bridgehead atoms. The molecule has 0 saturated heterocycles. The summed E-state index contributed by atoms with van der Waals surface area (Å²) in [7, 11) is 0. The Balaban J connectivity index is 1.76. The maximum atomic E-state index is 11.9. The lowest BCUT2D eigenvalue weighted by atomic mass is 9.66.